The van der Waals surface area contributed by atoms with Gasteiger partial charge in [0, 0.05) is 66.5 Å². The number of hydrogen-bond donors (Lipinski definition) is 1. The van der Waals surface area contributed by atoms with E-state index in [1.165, 1.54) is 18.2 Å². The van der Waals surface area contributed by atoms with Crippen molar-refractivity contribution in [3.63, 3.8) is 0 Å². The fraction of sp³-hybridized carbons (Fsp3) is 0.146. The van der Waals surface area contributed by atoms with Gasteiger partial charge in [-0.3, -0.25) is 0 Å². The third-order valence-electron chi connectivity index (χ3n) is 8.50. The molecule has 9 nitrogen and oxygen atoms in total. The number of rotatable bonds is 6. The molecule has 1 N–H and O–H groups in total. The van der Waals surface area contributed by atoms with Crippen LogP contribution in [0.5, 0.6) is 23.3 Å². The second-order valence-electron chi connectivity index (χ2n) is 12.9. The van der Waals surface area contributed by atoms with Crippen LogP contribution in [0.25, 0.3) is 0 Å². The molecule has 315 valence electrons. The molecule has 1 radical (unpaired) electrons. The molecule has 0 unspecified atom stereocenters. The van der Waals surface area contributed by atoms with E-state index in [0.29, 0.717) is 17.3 Å². The smallest absolute Gasteiger partial charge is 0.394 e. The number of alkyl halides is 9. The molecule has 3 aromatic carbocycles. The van der Waals surface area contributed by atoms with Gasteiger partial charge in [-0.25, -0.2) is 9.97 Å². The van der Waals surface area contributed by atoms with Crippen LogP contribution >= 0.6 is 0 Å². The number of nitrogens with one attached hydrogen (secondary N) is 1. The van der Waals surface area contributed by atoms with Gasteiger partial charge in [0.05, 0.1) is 0 Å². The Labute approximate surface area is 350 Å². The van der Waals surface area contributed by atoms with Crippen molar-refractivity contribution in [1.29, 1.82) is 0 Å². The first-order valence-corrected chi connectivity index (χ1v) is 17.2. The Morgan fingerprint density at radius 2 is 1.13 bits per heavy atom. The molecule has 0 saturated heterocycles. The fourth-order valence-corrected chi connectivity index (χ4v) is 5.73. The molecule has 0 fully saturated rings. The van der Waals surface area contributed by atoms with E-state index in [1.807, 2.05) is 50.1 Å². The quantitative estimate of drug-likeness (QED) is 0.130. The van der Waals surface area contributed by atoms with Crippen LogP contribution in [0.3, 0.4) is 0 Å². The van der Waals surface area contributed by atoms with Crippen molar-refractivity contribution < 1.29 is 69.1 Å². The van der Waals surface area contributed by atoms with Gasteiger partial charge in [-0.1, -0.05) is 22.8 Å². The van der Waals surface area contributed by atoms with Crippen molar-refractivity contribution >= 4 is 34.4 Å². The first-order chi connectivity index (χ1) is 27.8. The normalized spacial score (nSPS) is 13.4. The molecular formula is C41H27F9IrN7O2-5. The maximum atomic E-state index is 13.8. The first-order valence-electron chi connectivity index (χ1n) is 17.2. The summed E-state index contributed by atoms with van der Waals surface area (Å²) in [5.74, 6) is 0.371. The van der Waals surface area contributed by atoms with E-state index in [1.54, 1.807) is 23.1 Å². The number of aryl methyl sites for hydroxylation is 2. The Kier molecular flexibility index (Phi) is 12.2. The third kappa shape index (κ3) is 9.85. The summed E-state index contributed by atoms with van der Waals surface area (Å²) >= 11 is 0. The minimum Gasteiger partial charge on any atom is -0.513 e. The number of fused-ring (bicyclic) bond motifs is 2. The molecule has 0 spiro atoms. The van der Waals surface area contributed by atoms with Gasteiger partial charge < -0.3 is 29.5 Å². The molecular weight excluding hydrogens is 986 g/mol. The fourth-order valence-electron chi connectivity index (χ4n) is 5.73. The van der Waals surface area contributed by atoms with Crippen molar-refractivity contribution in [3.05, 3.63) is 151 Å². The van der Waals surface area contributed by atoms with E-state index < -0.39 is 35.2 Å². The minimum absolute atomic E-state index is 0. The third-order valence-corrected chi connectivity index (χ3v) is 8.50. The number of aromatic nitrogens is 3. The van der Waals surface area contributed by atoms with Crippen LogP contribution in [0.15, 0.2) is 91.0 Å². The zero-order chi connectivity index (χ0) is 42.3. The number of anilines is 6. The van der Waals surface area contributed by atoms with Crippen LogP contribution in [0.2, 0.25) is 0 Å². The van der Waals surface area contributed by atoms with Crippen LogP contribution in [0.1, 0.15) is 28.1 Å². The van der Waals surface area contributed by atoms with Gasteiger partial charge in [-0.2, -0.15) is 82.1 Å². The maximum Gasteiger partial charge on any atom is 0.394 e. The largest absolute Gasteiger partial charge is 0.513 e. The molecule has 8 rings (SSSR count). The molecule has 60 heavy (non-hydrogen) atoms. The molecule has 0 bridgehead atoms. The van der Waals surface area contributed by atoms with Gasteiger partial charge in [0.1, 0.15) is 11.6 Å². The summed E-state index contributed by atoms with van der Waals surface area (Å²) in [6.45, 7) is 6.96. The average Bonchev–Trinajstić information content (AvgIpc) is 3.74. The summed E-state index contributed by atoms with van der Waals surface area (Å²) in [6.07, 6.45) is -13.6. The van der Waals surface area contributed by atoms with Gasteiger partial charge in [0.25, 0.3) is 0 Å². The van der Waals surface area contributed by atoms with E-state index in [9.17, 15) is 39.5 Å². The molecule has 2 aliphatic heterocycles. The molecule has 0 amide bonds. The van der Waals surface area contributed by atoms with Crippen LogP contribution in [-0.2, 0) is 38.6 Å². The summed E-state index contributed by atoms with van der Waals surface area (Å²) in [7, 11) is 1.82. The van der Waals surface area contributed by atoms with Crippen molar-refractivity contribution in [1.82, 2.24) is 15.0 Å². The van der Waals surface area contributed by atoms with Gasteiger partial charge in [0.15, 0.2) is 0 Å². The standard InChI is InChI=1S/C22H18F3N6.C19H9F6NO2.Ir/c1-13-4-6-18-20(27-13)30(11-26-18)16-8-15(22(23,24)25)9-17(10-16)31-12-29(3)19-7-5-14(2)28-21(19)31;20-18(21,22)12-4-1-6-14(10-12)27-16-8-3-9-17(26-16)28-15-7-2-5-13(11-15)19(23,24)25;/h4-9,11-12,26H,1-3H3;1-5,8-11H;/q-3;-2;. The Morgan fingerprint density at radius 1 is 0.617 bits per heavy atom. The van der Waals surface area contributed by atoms with Crippen LogP contribution in [-0.4, -0.2) is 22.0 Å². The molecule has 0 atom stereocenters. The number of hydrogen-bond acceptors (Lipinski definition) is 9. The van der Waals surface area contributed by atoms with Crippen LogP contribution in [0.4, 0.5) is 73.9 Å². The molecule has 6 aromatic rings. The van der Waals surface area contributed by atoms with Crippen molar-refractivity contribution in [2.45, 2.75) is 32.4 Å². The average molecular weight is 1010 g/mol. The zero-order valence-corrected chi connectivity index (χ0v) is 33.4. The van der Waals surface area contributed by atoms with E-state index in [4.69, 9.17) is 9.47 Å². The summed E-state index contributed by atoms with van der Waals surface area (Å²) in [5, 5.41) is 3.05. The molecule has 2 aliphatic rings. The SMILES string of the molecule is Cc1ccc2c(n1)N(c1[c-]c(N3[CH-]N(C)c4ccc(C)nc43)cc(C(F)(F)F)c1)[CH-]N2.FC(F)(F)c1cc[c-]c(Oc2cccc(Oc3[c-]ccc(C(F)(F)F)c3)n2)c1.[Ir]. The molecule has 0 saturated carbocycles. The number of benzene rings is 3. The van der Waals surface area contributed by atoms with Crippen LogP contribution in [0, 0.1) is 45.4 Å². The predicted octanol–water partition coefficient (Wildman–Crippen LogP) is 11.6. The Bertz CT molecular complexity index is 2430. The maximum absolute atomic E-state index is 13.8. The summed E-state index contributed by atoms with van der Waals surface area (Å²) in [5.41, 5.74) is 0.890. The second-order valence-corrected chi connectivity index (χ2v) is 12.9. The van der Waals surface area contributed by atoms with E-state index in [2.05, 4.69) is 38.5 Å². The Balaban J connectivity index is 0.000000199. The summed E-state index contributed by atoms with van der Waals surface area (Å²) < 4.78 is 128. The number of halogens is 9. The zero-order valence-electron chi connectivity index (χ0n) is 31.0. The van der Waals surface area contributed by atoms with Crippen LogP contribution < -0.4 is 29.5 Å². The van der Waals surface area contributed by atoms with Crippen molar-refractivity contribution in [2.75, 3.05) is 27.1 Å². The minimum atomic E-state index is -4.55. The van der Waals surface area contributed by atoms with Gasteiger partial charge in [0.2, 0.25) is 11.8 Å². The number of nitrogens with zero attached hydrogens (tertiary/aromatic N) is 6. The number of pyridine rings is 3. The Hall–Kier alpha value is -6.07. The Morgan fingerprint density at radius 3 is 1.68 bits per heavy atom. The summed E-state index contributed by atoms with van der Waals surface area (Å²) in [6, 6.07) is 27.1. The summed E-state index contributed by atoms with van der Waals surface area (Å²) in [4.78, 5) is 17.9. The molecule has 5 heterocycles. The monoisotopic (exact) mass is 1010 g/mol. The second kappa shape index (κ2) is 16.9. The van der Waals surface area contributed by atoms with Gasteiger partial charge in [-0.05, 0) is 45.2 Å². The van der Waals surface area contributed by atoms with Crippen molar-refractivity contribution in [2.24, 2.45) is 0 Å². The van der Waals surface area contributed by atoms with E-state index >= 15 is 0 Å². The first kappa shape index (κ1) is 43.5. The molecule has 0 aliphatic carbocycles. The van der Waals surface area contributed by atoms with Gasteiger partial charge in [-0.15, -0.1) is 53.8 Å². The van der Waals surface area contributed by atoms with Gasteiger partial charge >= 0.3 is 18.5 Å². The van der Waals surface area contributed by atoms with Crippen molar-refractivity contribution in [3.8, 4) is 23.3 Å². The molecule has 19 heteroatoms. The van der Waals surface area contributed by atoms with E-state index in [0.717, 1.165) is 65.6 Å². The molecule has 3 aromatic heterocycles. The van der Waals surface area contributed by atoms with E-state index in [-0.39, 0.29) is 54.7 Å². The predicted molar refractivity (Wildman–Crippen MR) is 198 cm³/mol. The number of ether oxygens (including phenoxy) is 2. The topological polar surface area (TPSA) is 78.9 Å².